The van der Waals surface area contributed by atoms with E-state index in [1.165, 1.54) is 107 Å². The highest BCUT2D eigenvalue weighted by atomic mass is 16.7. The van der Waals surface area contributed by atoms with Crippen LogP contribution in [0.5, 0.6) is 28.7 Å². The zero-order chi connectivity index (χ0) is 110. The Balaban J connectivity index is 0.935. The number of aliphatic hydroxyl groups is 3. The van der Waals surface area contributed by atoms with E-state index in [0.717, 1.165) is 0 Å². The number of carbonyl (C=O) groups is 14. The van der Waals surface area contributed by atoms with E-state index >= 15 is 33.6 Å². The van der Waals surface area contributed by atoms with Gasteiger partial charge in [-0.2, -0.15) is 0 Å². The van der Waals surface area contributed by atoms with E-state index in [9.17, 15) is 69.3 Å². The number of imidazole rings is 1. The Hall–Kier alpha value is -15.0. The maximum Gasteiger partial charge on any atom is 0.261 e. The number of hydrogen-bond donors (Lipinski definition) is 28. The zero-order valence-electron chi connectivity index (χ0n) is 84.8. The van der Waals surface area contributed by atoms with Crippen molar-refractivity contribution in [1.29, 1.82) is 10.8 Å². The van der Waals surface area contributed by atoms with Crippen molar-refractivity contribution in [2.75, 3.05) is 33.4 Å². The molecule has 12 amide bonds. The van der Waals surface area contributed by atoms with E-state index in [2.05, 4.69) is 84.2 Å². The fraction of sp³-hybridized carbons (Fsp3) is 0.505. The summed E-state index contributed by atoms with van der Waals surface area (Å²) in [6.07, 6.45) is -5.80. The molecule has 1 fully saturated rings. The van der Waals surface area contributed by atoms with E-state index in [4.69, 9.17) is 58.5 Å². The SMILES string of the molecule is COc1cccc2c1C(=O)c1c(O)c3c(c(O)c1C2=O)C[C@@](O)(/C(C)=N/OCC(=O)N[C@@H](CC(C)C)C(=O)N[C@@H](CCCNC(=N)N)C(=O)N[C@@H](CCCNC(=N)N)C(=O)N[C@@H](Cc1ccc(O)cc1)C(=O)N[C@H](C(=O)N[C@@H](Cc1cnc[nH]1)C(=O)N[C@@H](CC(C)C)C(=O)N[C@@H](Cc1ccccc1)C(=O)N[C@@H](Cc1ccc(O)cc1)C(=O)N[C@@H](CCCCN)C(=O)N[C@H](C(N)=O)[C@@H](C)O)C(C)C)C[C@@H]3O[C@H]1C[C@H](N)[C@H](O)[C@H](C)O1. The minimum Gasteiger partial charge on any atom is -0.508 e. The molecule has 3 aliphatic rings. The Morgan fingerprint density at radius 3 is 1.47 bits per heavy atom. The summed E-state index contributed by atoms with van der Waals surface area (Å²) in [5.41, 5.74) is 26.1. The van der Waals surface area contributed by atoms with Crippen molar-refractivity contribution < 1.29 is 122 Å². The molecule has 48 nitrogen and oxygen atoms in total. The van der Waals surface area contributed by atoms with Crippen molar-refractivity contribution in [3.63, 3.8) is 0 Å². The molecule has 2 heterocycles. The number of aromatic amines is 1. The predicted octanol–water partition coefficient (Wildman–Crippen LogP) is -1.46. The predicted molar refractivity (Wildman–Crippen MR) is 542 cm³/mol. The number of nitrogens with one attached hydrogen (secondary N) is 16. The number of phenolic OH excluding ortho intramolecular Hbond substituents is 4. The molecule has 0 saturated carbocycles. The number of aromatic hydroxyl groups is 4. The third kappa shape index (κ3) is 33.5. The molecule has 0 unspecified atom stereocenters. The molecule has 33 N–H and O–H groups in total. The lowest BCUT2D eigenvalue weighted by molar-refractivity contribution is -0.245. The summed E-state index contributed by atoms with van der Waals surface area (Å²) in [6, 6.07) is 6.09. The first kappa shape index (κ1) is 118. The van der Waals surface area contributed by atoms with Gasteiger partial charge in [0, 0.05) is 92.7 Å². The number of phenols is 4. The summed E-state index contributed by atoms with van der Waals surface area (Å²) in [5.74, 6) is -17.5. The number of H-pyrrole nitrogens is 1. The number of primary amides is 1. The van der Waals surface area contributed by atoms with Gasteiger partial charge in [0.2, 0.25) is 70.8 Å². The Bertz CT molecular complexity index is 5730. The highest BCUT2D eigenvalue weighted by Crippen LogP contribution is 2.53. The number of ether oxygens (including phenoxy) is 3. The number of carbonyl (C=O) groups excluding carboxylic acids is 14. The number of hydrogen-bond acceptors (Lipinski definition) is 31. The second-order valence-electron chi connectivity index (χ2n) is 38.7. The molecule has 18 atom stereocenters. The first-order valence-corrected chi connectivity index (χ1v) is 49.3. The number of benzene rings is 5. The monoisotopic (exact) mass is 2080 g/mol. The van der Waals surface area contributed by atoms with Crippen LogP contribution in [0, 0.1) is 28.6 Å². The summed E-state index contributed by atoms with van der Waals surface area (Å²) in [5, 5.41) is 133. The minimum atomic E-state index is -2.22. The van der Waals surface area contributed by atoms with Crippen molar-refractivity contribution >= 4 is 100 Å². The minimum absolute atomic E-state index is 0.00335. The van der Waals surface area contributed by atoms with Gasteiger partial charge in [0.1, 0.15) is 101 Å². The van der Waals surface area contributed by atoms with Gasteiger partial charge in [-0.15, -0.1) is 0 Å². The van der Waals surface area contributed by atoms with Gasteiger partial charge in [0.05, 0.1) is 60.3 Å². The number of unbranched alkanes of at least 4 members (excludes halogenated alkanes) is 1. The second kappa shape index (κ2) is 55.2. The molecule has 1 aromatic heterocycles. The fourth-order valence-corrected chi connectivity index (χ4v) is 17.6. The van der Waals surface area contributed by atoms with Crippen LogP contribution in [0.2, 0.25) is 0 Å². The van der Waals surface area contributed by atoms with Gasteiger partial charge in [0.15, 0.2) is 30.6 Å². The summed E-state index contributed by atoms with van der Waals surface area (Å²) in [7, 11) is 1.28. The number of rotatable bonds is 55. The van der Waals surface area contributed by atoms with Gasteiger partial charge in [-0.25, -0.2) is 4.98 Å². The van der Waals surface area contributed by atoms with Gasteiger partial charge in [-0.3, -0.25) is 77.9 Å². The number of nitrogens with two attached hydrogens (primary N) is 5. The molecule has 2 aliphatic carbocycles. The first-order valence-electron chi connectivity index (χ1n) is 49.3. The maximum atomic E-state index is 15.3. The number of fused-ring (bicyclic) bond motifs is 3. The maximum absolute atomic E-state index is 15.3. The number of nitrogens with zero attached hydrogens (tertiary/aromatic N) is 2. The third-order valence-electron chi connectivity index (χ3n) is 25.6. The topological polar surface area (TPSA) is 793 Å². The summed E-state index contributed by atoms with van der Waals surface area (Å²) < 4.78 is 17.8. The normalized spacial score (nSPS) is 18.7. The Kier molecular flexibility index (Phi) is 43.5. The van der Waals surface area contributed by atoms with Gasteiger partial charge >= 0.3 is 0 Å². The van der Waals surface area contributed by atoms with Gasteiger partial charge < -0.3 is 158 Å². The van der Waals surface area contributed by atoms with Crippen molar-refractivity contribution in [2.45, 2.75) is 274 Å². The number of methoxy groups -OCH3 is 1. The molecular formula is C101H141N23O25. The summed E-state index contributed by atoms with van der Waals surface area (Å²) in [4.78, 5) is 218. The molecule has 9 rings (SSSR count). The highest BCUT2D eigenvalue weighted by Gasteiger charge is 2.51. The number of ketones is 2. The molecule has 1 saturated heterocycles. The lowest BCUT2D eigenvalue weighted by atomic mass is 9.72. The van der Waals surface area contributed by atoms with E-state index in [0.29, 0.717) is 35.2 Å². The number of amides is 12. The highest BCUT2D eigenvalue weighted by molar-refractivity contribution is 6.31. The summed E-state index contributed by atoms with van der Waals surface area (Å²) in [6.45, 7) is 13.4. The number of guanidine groups is 2. The third-order valence-corrected chi connectivity index (χ3v) is 25.6. The largest absolute Gasteiger partial charge is 0.508 e. The van der Waals surface area contributed by atoms with E-state index in [-0.39, 0.29) is 154 Å². The molecule has 149 heavy (non-hydrogen) atoms. The van der Waals surface area contributed by atoms with Gasteiger partial charge in [-0.05, 0) is 150 Å². The van der Waals surface area contributed by atoms with Crippen LogP contribution in [0.15, 0.2) is 115 Å². The number of aliphatic hydroxyl groups excluding tert-OH is 2. The van der Waals surface area contributed by atoms with Crippen LogP contribution in [0.4, 0.5) is 0 Å². The van der Waals surface area contributed by atoms with Gasteiger partial charge in [-0.1, -0.05) is 113 Å². The van der Waals surface area contributed by atoms with Crippen molar-refractivity contribution in [1.82, 2.24) is 79.1 Å². The lowest BCUT2D eigenvalue weighted by Gasteiger charge is -2.42. The lowest BCUT2D eigenvalue weighted by Crippen LogP contribution is -2.62. The Morgan fingerprint density at radius 1 is 0.550 bits per heavy atom. The van der Waals surface area contributed by atoms with Crippen LogP contribution in [-0.4, -0.2) is 282 Å². The fourth-order valence-electron chi connectivity index (χ4n) is 17.6. The number of aromatic nitrogens is 2. The second-order valence-corrected chi connectivity index (χ2v) is 38.7. The Labute approximate surface area is 860 Å². The van der Waals surface area contributed by atoms with Crippen molar-refractivity contribution in [3.05, 3.63) is 165 Å². The molecule has 0 radical (unpaired) electrons. The van der Waals surface area contributed by atoms with Gasteiger partial charge in [0.25, 0.3) is 5.91 Å². The van der Waals surface area contributed by atoms with E-state index in [1.54, 1.807) is 71.9 Å². The van der Waals surface area contributed by atoms with Crippen LogP contribution in [-0.2, 0) is 104 Å². The molecule has 1 aliphatic heterocycles. The van der Waals surface area contributed by atoms with Crippen LogP contribution >= 0.6 is 0 Å². The molecule has 810 valence electrons. The first-order chi connectivity index (χ1) is 70.6. The Morgan fingerprint density at radius 2 is 1.00 bits per heavy atom. The standard InChI is InChI=1S/C101H141N23O25/c1-49(2)37-67(113-75(128)47-147-124-54(9)101(145)44-62-78(74(45-101)149-76-43-63(103)83(129)53(8)148-76)87(133)80-79(85(62)131)84(130)61-21-16-25-73(146-10)77(61)86(80)132)92(138)116-65(23-17-35-110-99(105)106)89(135)114-66(24-18-36-111-100(107)108)90(136)118-71(41-57-28-32-60(127)33-29-57)97(143)122-81(51(5)6)98(144)121-72(42-58-46-109-48-112-58)96(142)117-68(38-50(3)4)93(139)119-69(39-55-19-12-11-13-20-55)95(141)120-70(40-56-26-30-59(126)31-27-56)94(140)115-64(22-14-15-34-102)91(137)123-82(52(7)125)88(104)134/h11-13,16,19-21,25-33,46,48-53,63-72,74,76,81-83,125-127,129,131,133,145H,14-15,17-18,22-24,34-45,47,102-103H2,1-10H3,(H2,104,134)(H,109,112)(H,113,128)(H,114,135)(H,115,140)(H,116,138)(H,117,142)(H,118,136)(H,119,139)(H,120,141)(H,121,144)(H,122,143)(H,123,137)(H4,105,106,110)(H4,107,108,111)/b124-54+/t52-,53+,63+,64+,65+,66+,67+,68+,69+,70+,71+,72+,74+,76+,81+,82+,83-,101+/m1/s1. The molecular weight excluding hydrogens is 1940 g/mol. The van der Waals surface area contributed by atoms with E-state index in [1.807, 2.05) is 0 Å². The van der Waals surface area contributed by atoms with Crippen LogP contribution < -0.4 is 103 Å². The van der Waals surface area contributed by atoms with E-state index < -0.39 is 251 Å². The van der Waals surface area contributed by atoms with Crippen molar-refractivity contribution in [2.24, 2.45) is 51.6 Å². The van der Waals surface area contributed by atoms with Crippen LogP contribution in [0.25, 0.3) is 0 Å². The molecule has 48 heteroatoms. The van der Waals surface area contributed by atoms with Crippen LogP contribution in [0.1, 0.15) is 204 Å². The molecule has 5 aromatic carbocycles. The van der Waals surface area contributed by atoms with Crippen LogP contribution in [0.3, 0.4) is 0 Å². The zero-order valence-corrected chi connectivity index (χ0v) is 84.8. The van der Waals surface area contributed by atoms with Crippen molar-refractivity contribution in [3.8, 4) is 28.7 Å². The smallest absolute Gasteiger partial charge is 0.261 e. The average molecular weight is 2080 g/mol. The number of oxime groups is 1. The quantitative estimate of drug-likeness (QED) is 0.00681. The average Bonchev–Trinajstić information content (AvgIpc) is 0.916. The molecule has 6 aromatic rings. The summed E-state index contributed by atoms with van der Waals surface area (Å²) >= 11 is 0. The molecule has 0 bridgehead atoms. The molecule has 0 spiro atoms.